The average molecular weight is 220 g/mol. The van der Waals surface area contributed by atoms with Gasteiger partial charge >= 0.3 is 0 Å². The van der Waals surface area contributed by atoms with Crippen molar-refractivity contribution in [3.05, 3.63) is 54.2 Å². The van der Waals surface area contributed by atoms with Gasteiger partial charge in [-0.3, -0.25) is 9.78 Å². The Hall–Kier alpha value is -1.67. The Morgan fingerprint density at radius 3 is 2.27 bits per heavy atom. The molecule has 15 heavy (non-hydrogen) atoms. The summed E-state index contributed by atoms with van der Waals surface area (Å²) in [4.78, 5) is 14.7. The molecule has 0 N–H and O–H groups in total. The van der Waals surface area contributed by atoms with Crippen LogP contribution in [0.25, 0.3) is 11.3 Å². The van der Waals surface area contributed by atoms with Gasteiger partial charge in [-0.2, -0.15) is 0 Å². The van der Waals surface area contributed by atoms with E-state index in [-0.39, 0.29) is 12.4 Å². The van der Waals surface area contributed by atoms with Crippen LogP contribution in [0.4, 0.5) is 0 Å². The number of rotatable bonds is 2. The Morgan fingerprint density at radius 1 is 1.00 bits per heavy atom. The van der Waals surface area contributed by atoms with Crippen LogP contribution in [0, 0.1) is 0 Å². The largest absolute Gasteiger partial charge is 0.298 e. The number of carbonyl (C=O) groups excluding carboxylic acids is 1. The lowest BCUT2D eigenvalue weighted by Crippen LogP contribution is -1.83. The fourth-order valence-electron chi connectivity index (χ4n) is 1.27. The van der Waals surface area contributed by atoms with E-state index in [0.717, 1.165) is 17.5 Å². The summed E-state index contributed by atoms with van der Waals surface area (Å²) in [5, 5.41) is 0. The van der Waals surface area contributed by atoms with E-state index in [2.05, 4.69) is 4.98 Å². The van der Waals surface area contributed by atoms with Crippen molar-refractivity contribution in [3.8, 4) is 11.3 Å². The second kappa shape index (κ2) is 5.27. The Labute approximate surface area is 94.4 Å². The monoisotopic (exact) mass is 219 g/mol. The van der Waals surface area contributed by atoms with E-state index >= 15 is 0 Å². The van der Waals surface area contributed by atoms with Crippen molar-refractivity contribution in [1.82, 2.24) is 4.98 Å². The lowest BCUT2D eigenvalue weighted by atomic mass is 10.1. The van der Waals surface area contributed by atoms with Crippen LogP contribution in [0.1, 0.15) is 10.4 Å². The molecule has 0 bridgehead atoms. The third kappa shape index (κ3) is 2.64. The molecule has 1 heterocycles. The van der Waals surface area contributed by atoms with Crippen molar-refractivity contribution in [3.63, 3.8) is 0 Å². The van der Waals surface area contributed by atoms with Crippen LogP contribution in [-0.4, -0.2) is 11.3 Å². The highest BCUT2D eigenvalue weighted by Gasteiger charge is 1.96. The first-order valence-electron chi connectivity index (χ1n) is 4.37. The van der Waals surface area contributed by atoms with Gasteiger partial charge in [0.1, 0.15) is 6.29 Å². The smallest absolute Gasteiger partial charge is 0.150 e. The second-order valence-electron chi connectivity index (χ2n) is 2.95. The topological polar surface area (TPSA) is 30.0 Å². The minimum Gasteiger partial charge on any atom is -0.298 e. The van der Waals surface area contributed by atoms with E-state index in [0.29, 0.717) is 5.56 Å². The van der Waals surface area contributed by atoms with E-state index in [1.54, 1.807) is 18.3 Å². The summed E-state index contributed by atoms with van der Waals surface area (Å²) in [7, 11) is 0. The summed E-state index contributed by atoms with van der Waals surface area (Å²) >= 11 is 0. The molecular weight excluding hydrogens is 210 g/mol. The number of carbonyl (C=O) groups is 1. The Morgan fingerprint density at radius 2 is 1.73 bits per heavy atom. The molecule has 1 aromatic carbocycles. The zero-order valence-corrected chi connectivity index (χ0v) is 8.78. The highest BCUT2D eigenvalue weighted by molar-refractivity contribution is 5.85. The van der Waals surface area contributed by atoms with Gasteiger partial charge in [0.2, 0.25) is 0 Å². The SMILES string of the molecule is Cl.O=Cc1ccc(-c2ccccn2)cc1. The zero-order chi connectivity index (χ0) is 9.80. The molecule has 0 atom stereocenters. The third-order valence-corrected chi connectivity index (χ3v) is 2.01. The van der Waals surface area contributed by atoms with Gasteiger partial charge in [-0.15, -0.1) is 12.4 Å². The molecule has 0 aliphatic carbocycles. The van der Waals surface area contributed by atoms with Crippen molar-refractivity contribution in [2.75, 3.05) is 0 Å². The number of halogens is 1. The van der Waals surface area contributed by atoms with Crippen molar-refractivity contribution in [2.24, 2.45) is 0 Å². The van der Waals surface area contributed by atoms with Crippen LogP contribution < -0.4 is 0 Å². The molecule has 3 heteroatoms. The summed E-state index contributed by atoms with van der Waals surface area (Å²) in [6, 6.07) is 13.1. The summed E-state index contributed by atoms with van der Waals surface area (Å²) in [6.45, 7) is 0. The summed E-state index contributed by atoms with van der Waals surface area (Å²) in [5.74, 6) is 0. The van der Waals surface area contributed by atoms with E-state index in [4.69, 9.17) is 0 Å². The first-order valence-corrected chi connectivity index (χ1v) is 4.37. The first kappa shape index (κ1) is 11.4. The van der Waals surface area contributed by atoms with Gasteiger partial charge in [-0.05, 0) is 12.1 Å². The van der Waals surface area contributed by atoms with Crippen LogP contribution in [0.5, 0.6) is 0 Å². The summed E-state index contributed by atoms with van der Waals surface area (Å²) < 4.78 is 0. The molecule has 0 aliphatic rings. The zero-order valence-electron chi connectivity index (χ0n) is 7.96. The van der Waals surface area contributed by atoms with Gasteiger partial charge < -0.3 is 0 Å². The van der Waals surface area contributed by atoms with E-state index in [1.165, 1.54) is 0 Å². The molecule has 0 fully saturated rings. The predicted molar refractivity (Wildman–Crippen MR) is 62.3 cm³/mol. The maximum Gasteiger partial charge on any atom is 0.150 e. The van der Waals surface area contributed by atoms with Gasteiger partial charge in [0.15, 0.2) is 0 Å². The molecule has 0 saturated heterocycles. The number of benzene rings is 1. The van der Waals surface area contributed by atoms with Gasteiger partial charge in [0.05, 0.1) is 5.69 Å². The van der Waals surface area contributed by atoms with Crippen molar-refractivity contribution in [1.29, 1.82) is 0 Å². The summed E-state index contributed by atoms with van der Waals surface area (Å²) in [6.07, 6.45) is 2.59. The second-order valence-corrected chi connectivity index (χ2v) is 2.95. The summed E-state index contributed by atoms with van der Waals surface area (Å²) in [5.41, 5.74) is 2.63. The number of pyridine rings is 1. The number of nitrogens with zero attached hydrogens (tertiary/aromatic N) is 1. The Bertz CT molecular complexity index is 425. The molecule has 0 amide bonds. The predicted octanol–water partition coefficient (Wildman–Crippen LogP) is 2.98. The van der Waals surface area contributed by atoms with Crippen molar-refractivity contribution >= 4 is 18.7 Å². The highest BCUT2D eigenvalue weighted by atomic mass is 35.5. The number of hydrogen-bond donors (Lipinski definition) is 0. The minimum atomic E-state index is 0. The van der Waals surface area contributed by atoms with Crippen molar-refractivity contribution in [2.45, 2.75) is 0 Å². The van der Waals surface area contributed by atoms with Crippen LogP contribution in [0.3, 0.4) is 0 Å². The third-order valence-electron chi connectivity index (χ3n) is 2.01. The molecular formula is C12H10ClNO. The molecule has 1 aromatic heterocycles. The quantitative estimate of drug-likeness (QED) is 0.727. The van der Waals surface area contributed by atoms with Gasteiger partial charge in [-0.25, -0.2) is 0 Å². The normalized spacial score (nSPS) is 9.07. The number of hydrogen-bond acceptors (Lipinski definition) is 2. The fraction of sp³-hybridized carbons (Fsp3) is 0. The minimum absolute atomic E-state index is 0. The van der Waals surface area contributed by atoms with Crippen LogP contribution in [-0.2, 0) is 0 Å². The van der Waals surface area contributed by atoms with E-state index < -0.39 is 0 Å². The van der Waals surface area contributed by atoms with Gasteiger partial charge in [0.25, 0.3) is 0 Å². The molecule has 2 nitrogen and oxygen atoms in total. The Kier molecular flexibility index (Phi) is 4.01. The fourth-order valence-corrected chi connectivity index (χ4v) is 1.27. The lowest BCUT2D eigenvalue weighted by Gasteiger charge is -1.99. The van der Waals surface area contributed by atoms with E-state index in [1.807, 2.05) is 30.3 Å². The molecule has 76 valence electrons. The molecule has 0 saturated carbocycles. The molecule has 0 unspecified atom stereocenters. The molecule has 2 aromatic rings. The lowest BCUT2D eigenvalue weighted by molar-refractivity contribution is 0.112. The molecule has 0 spiro atoms. The van der Waals surface area contributed by atoms with Gasteiger partial charge in [-0.1, -0.05) is 30.3 Å². The maximum atomic E-state index is 10.4. The molecule has 0 aliphatic heterocycles. The number of aromatic nitrogens is 1. The van der Waals surface area contributed by atoms with E-state index in [9.17, 15) is 4.79 Å². The van der Waals surface area contributed by atoms with Crippen LogP contribution >= 0.6 is 12.4 Å². The average Bonchev–Trinajstić information content (AvgIpc) is 2.30. The Balaban J connectivity index is 0.00000112. The molecule has 2 rings (SSSR count). The first-order chi connectivity index (χ1) is 6.90. The molecule has 0 radical (unpaired) electrons. The van der Waals surface area contributed by atoms with Crippen LogP contribution in [0.15, 0.2) is 48.7 Å². The standard InChI is InChI=1S/C12H9NO.ClH/c14-9-10-4-6-11(7-5-10)12-3-1-2-8-13-12;/h1-9H;1H. The highest BCUT2D eigenvalue weighted by Crippen LogP contribution is 2.15. The maximum absolute atomic E-state index is 10.4. The van der Waals surface area contributed by atoms with Gasteiger partial charge in [0, 0.05) is 17.3 Å². The van der Waals surface area contributed by atoms with Crippen LogP contribution in [0.2, 0.25) is 0 Å². The number of aldehydes is 1. The van der Waals surface area contributed by atoms with Crippen molar-refractivity contribution < 1.29 is 4.79 Å².